The van der Waals surface area contributed by atoms with E-state index in [1.165, 1.54) is 13.2 Å². The summed E-state index contributed by atoms with van der Waals surface area (Å²) in [4.78, 5) is 12.3. The number of fused-ring (bicyclic) bond motifs is 1. The lowest BCUT2D eigenvalue weighted by molar-refractivity contribution is -0.137. The molecule has 0 bridgehead atoms. The second-order valence-corrected chi connectivity index (χ2v) is 5.79. The van der Waals surface area contributed by atoms with Gasteiger partial charge in [-0.2, -0.15) is 13.2 Å². The summed E-state index contributed by atoms with van der Waals surface area (Å²) in [6.07, 6.45) is -2.87. The molecule has 1 amide bonds. The Morgan fingerprint density at radius 2 is 1.81 bits per heavy atom. The summed E-state index contributed by atoms with van der Waals surface area (Å²) in [5.74, 6) is 0.704. The van der Waals surface area contributed by atoms with Crippen molar-refractivity contribution in [3.8, 4) is 11.5 Å². The fourth-order valence-corrected chi connectivity index (χ4v) is 2.97. The Morgan fingerprint density at radius 1 is 1.08 bits per heavy atom. The Kier molecular flexibility index (Phi) is 4.39. The van der Waals surface area contributed by atoms with Gasteiger partial charge in [0.05, 0.1) is 19.8 Å². The van der Waals surface area contributed by atoms with Crippen LogP contribution in [0.5, 0.6) is 11.5 Å². The molecule has 0 radical (unpaired) electrons. The summed E-state index contributed by atoms with van der Waals surface area (Å²) < 4.78 is 49.2. The summed E-state index contributed by atoms with van der Waals surface area (Å²) in [6, 6.07) is 6.66. The molecule has 4 nitrogen and oxygen atoms in total. The van der Waals surface area contributed by atoms with Crippen LogP contribution in [0.25, 0.3) is 11.6 Å². The third-order valence-corrected chi connectivity index (χ3v) is 4.24. The summed E-state index contributed by atoms with van der Waals surface area (Å²) >= 11 is 0. The maximum atomic E-state index is 12.9. The Morgan fingerprint density at radius 3 is 2.42 bits per heavy atom. The van der Waals surface area contributed by atoms with Crippen molar-refractivity contribution >= 4 is 23.2 Å². The fraction of sp³-hybridized carbons (Fsp3) is 0.211. The van der Waals surface area contributed by atoms with Crippen molar-refractivity contribution < 1.29 is 27.4 Å². The minimum atomic E-state index is -4.47. The van der Waals surface area contributed by atoms with Gasteiger partial charge in [-0.1, -0.05) is 6.07 Å². The zero-order chi connectivity index (χ0) is 19.1. The second kappa shape index (κ2) is 6.40. The van der Waals surface area contributed by atoms with Crippen LogP contribution in [-0.4, -0.2) is 20.1 Å². The first-order chi connectivity index (χ1) is 12.3. The molecule has 7 heteroatoms. The maximum absolute atomic E-state index is 12.9. The summed E-state index contributed by atoms with van der Waals surface area (Å²) in [5, 5.41) is 2.48. The van der Waals surface area contributed by atoms with Gasteiger partial charge in [-0.25, -0.2) is 0 Å². The van der Waals surface area contributed by atoms with Crippen molar-refractivity contribution in [3.63, 3.8) is 0 Å². The molecule has 0 saturated carbocycles. The number of methoxy groups -OCH3 is 2. The molecule has 1 aliphatic heterocycles. The van der Waals surface area contributed by atoms with E-state index in [-0.39, 0.29) is 11.3 Å². The second-order valence-electron chi connectivity index (χ2n) is 5.79. The van der Waals surface area contributed by atoms with Crippen molar-refractivity contribution in [1.82, 2.24) is 0 Å². The number of benzene rings is 2. The van der Waals surface area contributed by atoms with E-state index in [9.17, 15) is 18.0 Å². The average molecular weight is 363 g/mol. The predicted octanol–water partition coefficient (Wildman–Crippen LogP) is 4.52. The molecule has 1 N–H and O–H groups in total. The van der Waals surface area contributed by atoms with Crippen molar-refractivity contribution in [3.05, 3.63) is 52.6 Å². The van der Waals surface area contributed by atoms with E-state index >= 15 is 0 Å². The van der Waals surface area contributed by atoms with E-state index in [2.05, 4.69) is 5.32 Å². The number of alkyl halides is 3. The van der Waals surface area contributed by atoms with Crippen LogP contribution in [0.3, 0.4) is 0 Å². The van der Waals surface area contributed by atoms with Crippen LogP contribution in [0.4, 0.5) is 18.9 Å². The summed E-state index contributed by atoms with van der Waals surface area (Å²) in [7, 11) is 3.04. The third-order valence-electron chi connectivity index (χ3n) is 4.24. The van der Waals surface area contributed by atoms with Gasteiger partial charge in [0.25, 0.3) is 5.91 Å². The monoisotopic (exact) mass is 363 g/mol. The minimum Gasteiger partial charge on any atom is -0.496 e. The van der Waals surface area contributed by atoms with Gasteiger partial charge < -0.3 is 14.8 Å². The van der Waals surface area contributed by atoms with Gasteiger partial charge in [0.1, 0.15) is 11.5 Å². The van der Waals surface area contributed by atoms with Crippen LogP contribution < -0.4 is 14.8 Å². The molecule has 0 saturated heterocycles. The lowest BCUT2D eigenvalue weighted by Gasteiger charge is -2.13. The number of nitrogens with one attached hydrogen (secondary N) is 1. The third kappa shape index (κ3) is 3.00. The van der Waals surface area contributed by atoms with Crippen LogP contribution in [0.1, 0.15) is 22.3 Å². The van der Waals surface area contributed by atoms with Gasteiger partial charge in [0, 0.05) is 28.0 Å². The fourth-order valence-electron chi connectivity index (χ4n) is 2.97. The first-order valence-electron chi connectivity index (χ1n) is 7.72. The van der Waals surface area contributed by atoms with Gasteiger partial charge in [0.2, 0.25) is 0 Å². The van der Waals surface area contributed by atoms with Crippen molar-refractivity contribution in [2.75, 3.05) is 19.5 Å². The lowest BCUT2D eigenvalue weighted by Crippen LogP contribution is -2.06. The van der Waals surface area contributed by atoms with Crippen molar-refractivity contribution in [1.29, 1.82) is 0 Å². The number of ether oxygens (including phenoxy) is 2. The number of hydrogen-bond acceptors (Lipinski definition) is 3. The Bertz CT molecular complexity index is 917. The van der Waals surface area contributed by atoms with Gasteiger partial charge in [0.15, 0.2) is 0 Å². The first-order valence-corrected chi connectivity index (χ1v) is 7.72. The quantitative estimate of drug-likeness (QED) is 0.816. The Balaban J connectivity index is 2.10. The van der Waals surface area contributed by atoms with Gasteiger partial charge >= 0.3 is 6.18 Å². The van der Waals surface area contributed by atoms with Gasteiger partial charge in [-0.15, -0.1) is 0 Å². The van der Waals surface area contributed by atoms with Crippen LogP contribution in [0, 0.1) is 6.92 Å². The molecule has 26 heavy (non-hydrogen) atoms. The van der Waals surface area contributed by atoms with E-state index in [0.29, 0.717) is 22.6 Å². The van der Waals surface area contributed by atoms with E-state index in [1.54, 1.807) is 25.3 Å². The first kappa shape index (κ1) is 17.8. The van der Waals surface area contributed by atoms with Crippen LogP contribution in [-0.2, 0) is 11.0 Å². The highest BCUT2D eigenvalue weighted by atomic mass is 19.4. The molecular weight excluding hydrogens is 347 g/mol. The van der Waals surface area contributed by atoms with Crippen LogP contribution in [0.2, 0.25) is 0 Å². The number of rotatable bonds is 3. The highest BCUT2D eigenvalue weighted by Crippen LogP contribution is 2.40. The predicted molar refractivity (Wildman–Crippen MR) is 92.2 cm³/mol. The van der Waals surface area contributed by atoms with Gasteiger partial charge in [-0.05, 0) is 37.3 Å². The molecule has 0 aliphatic carbocycles. The maximum Gasteiger partial charge on any atom is 0.416 e. The van der Waals surface area contributed by atoms with Crippen LogP contribution in [0.15, 0.2) is 30.3 Å². The molecule has 1 aliphatic rings. The van der Waals surface area contributed by atoms with Crippen LogP contribution >= 0.6 is 0 Å². The highest BCUT2D eigenvalue weighted by Gasteiger charge is 2.33. The average Bonchev–Trinajstić information content (AvgIpc) is 2.89. The largest absolute Gasteiger partial charge is 0.496 e. The molecule has 3 rings (SSSR count). The standard InChI is InChI=1S/C19H16F3NO3/c1-10-16(25-2)7-4-11(17(10)26-3)8-14-13-6-5-12(19(20,21)22)9-15(13)23-18(14)24/h4-9H,1-3H3,(H,23,24)/b14-8-. The molecule has 136 valence electrons. The molecule has 0 spiro atoms. The SMILES string of the molecule is COc1ccc(/C=C2\C(=O)Nc3cc(C(F)(F)F)ccc32)c(OC)c1C. The number of anilines is 1. The number of carbonyl (C=O) groups excluding carboxylic acids is 1. The molecule has 0 atom stereocenters. The zero-order valence-electron chi connectivity index (χ0n) is 14.3. The molecule has 1 heterocycles. The van der Waals surface area contributed by atoms with Gasteiger partial charge in [-0.3, -0.25) is 4.79 Å². The number of amides is 1. The van der Waals surface area contributed by atoms with Crippen molar-refractivity contribution in [2.45, 2.75) is 13.1 Å². The van der Waals surface area contributed by atoms with E-state index < -0.39 is 17.6 Å². The Hall–Kier alpha value is -2.96. The zero-order valence-corrected chi connectivity index (χ0v) is 14.3. The summed E-state index contributed by atoms with van der Waals surface area (Å²) in [5.41, 5.74) is 1.41. The van der Waals surface area contributed by atoms with Crippen molar-refractivity contribution in [2.24, 2.45) is 0 Å². The summed E-state index contributed by atoms with van der Waals surface area (Å²) in [6.45, 7) is 1.82. The highest BCUT2D eigenvalue weighted by molar-refractivity contribution is 6.35. The van der Waals surface area contributed by atoms with E-state index in [1.807, 2.05) is 6.92 Å². The molecule has 2 aromatic rings. The molecule has 2 aromatic carbocycles. The number of carbonyl (C=O) groups is 1. The topological polar surface area (TPSA) is 47.6 Å². The number of hydrogen-bond donors (Lipinski definition) is 1. The molecule has 0 fully saturated rings. The minimum absolute atomic E-state index is 0.139. The van der Waals surface area contributed by atoms with E-state index in [4.69, 9.17) is 9.47 Å². The number of halogens is 3. The van der Waals surface area contributed by atoms with E-state index in [0.717, 1.165) is 17.7 Å². The normalized spacial score (nSPS) is 15.0. The smallest absolute Gasteiger partial charge is 0.416 e. The Labute approximate surface area is 148 Å². The molecule has 0 aromatic heterocycles. The molecule has 0 unspecified atom stereocenters. The molecular formula is C19H16F3NO3. The lowest BCUT2D eigenvalue weighted by atomic mass is 10.0.